The van der Waals surface area contributed by atoms with Crippen molar-refractivity contribution in [3.63, 3.8) is 0 Å². The van der Waals surface area contributed by atoms with Gasteiger partial charge >= 0.3 is 5.97 Å². The summed E-state index contributed by atoms with van der Waals surface area (Å²) in [4.78, 5) is 11.2. The summed E-state index contributed by atoms with van der Waals surface area (Å²) in [5, 5.41) is 13.6. The molecule has 1 aromatic heterocycles. The van der Waals surface area contributed by atoms with Gasteiger partial charge in [0, 0.05) is 12.2 Å². The standard InChI is InChI=1S/C14H15ClN2O3/c1-9(2)17-7-6-10(16-17)8-20-12-5-3-4-11(15)13(12)14(18)19/h3-7,9H,8H2,1-2H3,(H,18,19). The molecule has 2 aromatic rings. The van der Waals surface area contributed by atoms with E-state index in [0.717, 1.165) is 5.69 Å². The van der Waals surface area contributed by atoms with Crippen molar-refractivity contribution in [1.82, 2.24) is 9.78 Å². The van der Waals surface area contributed by atoms with Crippen molar-refractivity contribution in [2.75, 3.05) is 0 Å². The van der Waals surface area contributed by atoms with Gasteiger partial charge in [-0.1, -0.05) is 17.7 Å². The third kappa shape index (κ3) is 3.11. The van der Waals surface area contributed by atoms with Crippen LogP contribution in [0.15, 0.2) is 30.5 Å². The van der Waals surface area contributed by atoms with E-state index in [1.165, 1.54) is 6.07 Å². The minimum Gasteiger partial charge on any atom is -0.486 e. The number of carboxylic acid groups (broad SMARTS) is 1. The number of aromatic carboxylic acids is 1. The Morgan fingerprint density at radius 1 is 1.45 bits per heavy atom. The largest absolute Gasteiger partial charge is 0.486 e. The van der Waals surface area contributed by atoms with Crippen molar-refractivity contribution in [1.29, 1.82) is 0 Å². The fraction of sp³-hybridized carbons (Fsp3) is 0.286. The second kappa shape index (κ2) is 5.96. The topological polar surface area (TPSA) is 64.3 Å². The van der Waals surface area contributed by atoms with Crippen LogP contribution in [0.4, 0.5) is 0 Å². The van der Waals surface area contributed by atoms with Gasteiger partial charge in [-0.15, -0.1) is 0 Å². The minimum atomic E-state index is -1.11. The number of aromatic nitrogens is 2. The molecule has 106 valence electrons. The normalized spacial score (nSPS) is 10.8. The van der Waals surface area contributed by atoms with Crippen LogP contribution in [0.5, 0.6) is 5.75 Å². The summed E-state index contributed by atoms with van der Waals surface area (Å²) in [7, 11) is 0. The van der Waals surface area contributed by atoms with Crippen molar-refractivity contribution < 1.29 is 14.6 Å². The van der Waals surface area contributed by atoms with E-state index in [9.17, 15) is 4.79 Å². The third-order valence-corrected chi connectivity index (χ3v) is 3.07. The first-order valence-electron chi connectivity index (χ1n) is 6.17. The van der Waals surface area contributed by atoms with Crippen molar-refractivity contribution in [2.45, 2.75) is 26.5 Å². The Bertz CT molecular complexity index is 623. The molecular weight excluding hydrogens is 280 g/mol. The summed E-state index contributed by atoms with van der Waals surface area (Å²) in [6.07, 6.45) is 1.86. The number of rotatable bonds is 5. The van der Waals surface area contributed by atoms with Gasteiger partial charge in [-0.25, -0.2) is 4.79 Å². The molecule has 0 atom stereocenters. The van der Waals surface area contributed by atoms with Gasteiger partial charge in [0.1, 0.15) is 17.9 Å². The average molecular weight is 295 g/mol. The maximum Gasteiger partial charge on any atom is 0.341 e. The van der Waals surface area contributed by atoms with Crippen LogP contribution in [0, 0.1) is 0 Å². The van der Waals surface area contributed by atoms with Gasteiger partial charge < -0.3 is 9.84 Å². The number of halogens is 1. The maximum atomic E-state index is 11.2. The summed E-state index contributed by atoms with van der Waals surface area (Å²) in [5.74, 6) is -0.873. The smallest absolute Gasteiger partial charge is 0.341 e. The molecule has 0 saturated heterocycles. The SMILES string of the molecule is CC(C)n1ccc(COc2cccc(Cl)c2C(=O)O)n1. The molecule has 0 spiro atoms. The van der Waals surface area contributed by atoms with Crippen LogP contribution in [0.2, 0.25) is 5.02 Å². The van der Waals surface area contributed by atoms with Crippen LogP contribution in [0.1, 0.15) is 35.9 Å². The molecule has 1 aromatic carbocycles. The van der Waals surface area contributed by atoms with Crippen LogP contribution in [0.25, 0.3) is 0 Å². The Kier molecular flexibility index (Phi) is 4.29. The summed E-state index contributed by atoms with van der Waals surface area (Å²) in [5.41, 5.74) is 0.701. The predicted octanol–water partition coefficient (Wildman–Crippen LogP) is 3.39. The number of carbonyl (C=O) groups is 1. The van der Waals surface area contributed by atoms with E-state index in [1.807, 2.05) is 30.8 Å². The van der Waals surface area contributed by atoms with E-state index in [4.69, 9.17) is 21.4 Å². The Labute approximate surface area is 121 Å². The lowest BCUT2D eigenvalue weighted by molar-refractivity contribution is 0.0692. The van der Waals surface area contributed by atoms with Gasteiger partial charge in [-0.2, -0.15) is 5.10 Å². The highest BCUT2D eigenvalue weighted by molar-refractivity contribution is 6.33. The summed E-state index contributed by atoms with van der Waals surface area (Å²) >= 11 is 5.87. The first-order valence-corrected chi connectivity index (χ1v) is 6.55. The Balaban J connectivity index is 2.14. The number of nitrogens with zero attached hydrogens (tertiary/aromatic N) is 2. The van der Waals surface area contributed by atoms with Gasteiger partial charge in [0.2, 0.25) is 0 Å². The molecule has 6 heteroatoms. The molecule has 0 aliphatic heterocycles. The van der Waals surface area contributed by atoms with Crippen molar-refractivity contribution in [3.05, 3.63) is 46.7 Å². The molecule has 1 heterocycles. The van der Waals surface area contributed by atoms with Gasteiger partial charge in [0.05, 0.1) is 10.7 Å². The second-order valence-corrected chi connectivity index (χ2v) is 4.99. The Morgan fingerprint density at radius 2 is 2.20 bits per heavy atom. The fourth-order valence-corrected chi connectivity index (χ4v) is 1.97. The number of benzene rings is 1. The monoisotopic (exact) mass is 294 g/mol. The quantitative estimate of drug-likeness (QED) is 0.918. The molecule has 2 rings (SSSR count). The van der Waals surface area contributed by atoms with Crippen LogP contribution >= 0.6 is 11.6 Å². The first-order chi connectivity index (χ1) is 9.49. The average Bonchev–Trinajstić information content (AvgIpc) is 2.84. The number of carboxylic acids is 1. The molecular formula is C14H15ClN2O3. The van der Waals surface area contributed by atoms with Gasteiger partial charge in [0.15, 0.2) is 0 Å². The molecule has 0 unspecified atom stereocenters. The van der Waals surface area contributed by atoms with Crippen molar-refractivity contribution >= 4 is 17.6 Å². The second-order valence-electron chi connectivity index (χ2n) is 4.59. The van der Waals surface area contributed by atoms with Gasteiger partial charge in [0.25, 0.3) is 0 Å². The zero-order chi connectivity index (χ0) is 14.7. The summed E-state index contributed by atoms with van der Waals surface area (Å²) < 4.78 is 7.33. The molecule has 0 aliphatic carbocycles. The molecule has 0 radical (unpaired) electrons. The van der Waals surface area contributed by atoms with E-state index < -0.39 is 5.97 Å². The maximum absolute atomic E-state index is 11.2. The summed E-state index contributed by atoms with van der Waals surface area (Å²) in [6, 6.07) is 6.85. The van der Waals surface area contributed by atoms with Crippen molar-refractivity contribution in [2.24, 2.45) is 0 Å². The van der Waals surface area contributed by atoms with Gasteiger partial charge in [-0.05, 0) is 32.0 Å². The summed E-state index contributed by atoms with van der Waals surface area (Å²) in [6.45, 7) is 4.24. The number of hydrogen-bond donors (Lipinski definition) is 1. The highest BCUT2D eigenvalue weighted by atomic mass is 35.5. The number of ether oxygens (including phenoxy) is 1. The highest BCUT2D eigenvalue weighted by Gasteiger charge is 2.15. The van der Waals surface area contributed by atoms with E-state index in [1.54, 1.807) is 12.1 Å². The van der Waals surface area contributed by atoms with Crippen molar-refractivity contribution in [3.8, 4) is 5.75 Å². The zero-order valence-corrected chi connectivity index (χ0v) is 12.0. The van der Waals surface area contributed by atoms with Crippen LogP contribution in [-0.4, -0.2) is 20.9 Å². The Hall–Kier alpha value is -2.01. The molecule has 0 aliphatic rings. The van der Waals surface area contributed by atoms with E-state index in [-0.39, 0.29) is 29.0 Å². The highest BCUT2D eigenvalue weighted by Crippen LogP contribution is 2.27. The lowest BCUT2D eigenvalue weighted by atomic mass is 10.2. The fourth-order valence-electron chi connectivity index (χ4n) is 1.73. The molecule has 0 amide bonds. The number of hydrogen-bond acceptors (Lipinski definition) is 3. The first kappa shape index (κ1) is 14.4. The zero-order valence-electron chi connectivity index (χ0n) is 11.2. The van der Waals surface area contributed by atoms with Gasteiger partial charge in [-0.3, -0.25) is 4.68 Å². The minimum absolute atomic E-state index is 0.0301. The molecule has 0 bridgehead atoms. The lowest BCUT2D eigenvalue weighted by Gasteiger charge is -2.09. The van der Waals surface area contributed by atoms with Crippen LogP contribution in [0.3, 0.4) is 0 Å². The molecule has 0 fully saturated rings. The van der Waals surface area contributed by atoms with E-state index in [2.05, 4.69) is 5.10 Å². The molecule has 5 nitrogen and oxygen atoms in total. The Morgan fingerprint density at radius 3 is 2.80 bits per heavy atom. The molecule has 1 N–H and O–H groups in total. The van der Waals surface area contributed by atoms with E-state index in [0.29, 0.717) is 0 Å². The molecule has 20 heavy (non-hydrogen) atoms. The van der Waals surface area contributed by atoms with Crippen LogP contribution < -0.4 is 4.74 Å². The molecule has 0 saturated carbocycles. The van der Waals surface area contributed by atoms with E-state index >= 15 is 0 Å². The lowest BCUT2D eigenvalue weighted by Crippen LogP contribution is -2.06. The third-order valence-electron chi connectivity index (χ3n) is 2.76. The van der Waals surface area contributed by atoms with Crippen LogP contribution in [-0.2, 0) is 6.61 Å². The predicted molar refractivity (Wildman–Crippen MR) is 75.4 cm³/mol.